The minimum absolute atomic E-state index is 0.00367. The number of amides is 1. The molecule has 2 rings (SSSR count). The van der Waals surface area contributed by atoms with Crippen molar-refractivity contribution < 1.29 is 9.53 Å². The minimum Gasteiger partial charge on any atom is -0.495 e. The Morgan fingerprint density at radius 3 is 2.86 bits per heavy atom. The van der Waals surface area contributed by atoms with Crippen molar-refractivity contribution in [2.24, 2.45) is 0 Å². The number of rotatable bonds is 7. The third-order valence-corrected chi connectivity index (χ3v) is 3.51. The average molecular weight is 292 g/mol. The molecule has 1 amide bonds. The molecule has 0 unspecified atom stereocenters. The first-order chi connectivity index (χ1) is 10.3. The molecular formula is C15H24N4O2. The molecule has 0 aliphatic carbocycles. The molecule has 1 heterocycles. The van der Waals surface area contributed by atoms with Crippen molar-refractivity contribution >= 4 is 11.6 Å². The predicted molar refractivity (Wildman–Crippen MR) is 83.8 cm³/mol. The van der Waals surface area contributed by atoms with Crippen LogP contribution >= 0.6 is 0 Å². The molecule has 1 aromatic carbocycles. The van der Waals surface area contributed by atoms with Crippen LogP contribution in [0.1, 0.15) is 0 Å². The molecule has 1 saturated heterocycles. The maximum atomic E-state index is 11.8. The van der Waals surface area contributed by atoms with Crippen LogP contribution in [0.15, 0.2) is 24.3 Å². The molecule has 0 atom stereocenters. The summed E-state index contributed by atoms with van der Waals surface area (Å²) in [5.41, 5.74) is 0.831. The van der Waals surface area contributed by atoms with Gasteiger partial charge in [0.05, 0.1) is 19.3 Å². The molecule has 116 valence electrons. The SMILES string of the molecule is COc1ccccc1NCC(=O)NCCN1CCNCC1. The van der Waals surface area contributed by atoms with Gasteiger partial charge in [0.15, 0.2) is 0 Å². The van der Waals surface area contributed by atoms with E-state index in [2.05, 4.69) is 20.9 Å². The lowest BCUT2D eigenvalue weighted by atomic mass is 10.3. The molecule has 6 heteroatoms. The van der Waals surface area contributed by atoms with E-state index in [1.807, 2.05) is 24.3 Å². The van der Waals surface area contributed by atoms with Crippen molar-refractivity contribution in [1.29, 1.82) is 0 Å². The molecule has 1 aliphatic heterocycles. The van der Waals surface area contributed by atoms with Crippen molar-refractivity contribution in [3.8, 4) is 5.75 Å². The monoisotopic (exact) mass is 292 g/mol. The summed E-state index contributed by atoms with van der Waals surface area (Å²) in [7, 11) is 1.62. The van der Waals surface area contributed by atoms with Gasteiger partial charge in [-0.25, -0.2) is 0 Å². The lowest BCUT2D eigenvalue weighted by molar-refractivity contribution is -0.119. The number of anilines is 1. The number of nitrogens with one attached hydrogen (secondary N) is 3. The molecule has 21 heavy (non-hydrogen) atoms. The van der Waals surface area contributed by atoms with Gasteiger partial charge in [-0.15, -0.1) is 0 Å². The second kappa shape index (κ2) is 8.49. The first kappa shape index (κ1) is 15.6. The van der Waals surface area contributed by atoms with Crippen molar-refractivity contribution in [3.05, 3.63) is 24.3 Å². The molecule has 0 radical (unpaired) electrons. The summed E-state index contributed by atoms with van der Waals surface area (Å²) in [6.45, 7) is 6.01. The summed E-state index contributed by atoms with van der Waals surface area (Å²) >= 11 is 0. The first-order valence-electron chi connectivity index (χ1n) is 7.36. The van der Waals surface area contributed by atoms with Gasteiger partial charge in [-0.2, -0.15) is 0 Å². The Morgan fingerprint density at radius 1 is 1.33 bits per heavy atom. The molecule has 1 aliphatic rings. The molecule has 1 aromatic rings. The quantitative estimate of drug-likeness (QED) is 0.666. The number of benzene rings is 1. The van der Waals surface area contributed by atoms with Crippen LogP contribution in [-0.2, 0) is 4.79 Å². The fourth-order valence-electron chi connectivity index (χ4n) is 2.32. The zero-order valence-electron chi connectivity index (χ0n) is 12.5. The van der Waals surface area contributed by atoms with E-state index in [-0.39, 0.29) is 12.5 Å². The Kier molecular flexibility index (Phi) is 6.30. The van der Waals surface area contributed by atoms with Crippen LogP contribution in [0.5, 0.6) is 5.75 Å². The van der Waals surface area contributed by atoms with E-state index in [0.29, 0.717) is 6.54 Å². The molecule has 3 N–H and O–H groups in total. The Bertz CT molecular complexity index is 447. The molecule has 6 nitrogen and oxygen atoms in total. The number of nitrogens with zero attached hydrogens (tertiary/aromatic N) is 1. The number of carbonyl (C=O) groups excluding carboxylic acids is 1. The van der Waals surface area contributed by atoms with Gasteiger partial charge in [0.25, 0.3) is 0 Å². The Labute approximate surface area is 125 Å². The number of piperazine rings is 1. The second-order valence-electron chi connectivity index (χ2n) is 5.00. The van der Waals surface area contributed by atoms with Crippen LogP contribution in [0, 0.1) is 0 Å². The fraction of sp³-hybridized carbons (Fsp3) is 0.533. The highest BCUT2D eigenvalue weighted by molar-refractivity contribution is 5.81. The van der Waals surface area contributed by atoms with Gasteiger partial charge >= 0.3 is 0 Å². The Hall–Kier alpha value is -1.79. The smallest absolute Gasteiger partial charge is 0.239 e. The van der Waals surface area contributed by atoms with Gasteiger partial charge < -0.3 is 20.7 Å². The normalized spacial score (nSPS) is 15.5. The van der Waals surface area contributed by atoms with Crippen LogP contribution in [0.2, 0.25) is 0 Å². The van der Waals surface area contributed by atoms with Gasteiger partial charge in [-0.3, -0.25) is 9.69 Å². The highest BCUT2D eigenvalue weighted by Crippen LogP contribution is 2.22. The maximum absolute atomic E-state index is 11.8. The van der Waals surface area contributed by atoms with E-state index in [1.54, 1.807) is 7.11 Å². The van der Waals surface area contributed by atoms with Crippen LogP contribution in [0.4, 0.5) is 5.69 Å². The third-order valence-electron chi connectivity index (χ3n) is 3.51. The van der Waals surface area contributed by atoms with Crippen LogP contribution in [0.3, 0.4) is 0 Å². The van der Waals surface area contributed by atoms with Crippen LogP contribution in [-0.4, -0.2) is 63.7 Å². The van der Waals surface area contributed by atoms with E-state index in [9.17, 15) is 4.79 Å². The van der Waals surface area contributed by atoms with Crippen molar-refractivity contribution in [2.45, 2.75) is 0 Å². The van der Waals surface area contributed by atoms with Crippen molar-refractivity contribution in [2.75, 3.05) is 58.2 Å². The predicted octanol–water partition coefficient (Wildman–Crippen LogP) is 0.129. The lowest BCUT2D eigenvalue weighted by Crippen LogP contribution is -2.46. The van der Waals surface area contributed by atoms with Crippen molar-refractivity contribution in [3.63, 3.8) is 0 Å². The minimum atomic E-state index is -0.00367. The molecule has 1 fully saturated rings. The topological polar surface area (TPSA) is 65.6 Å². The summed E-state index contributed by atoms with van der Waals surface area (Å²) in [6.07, 6.45) is 0. The average Bonchev–Trinajstić information content (AvgIpc) is 2.54. The molecule has 0 bridgehead atoms. The number of para-hydroxylation sites is 2. The second-order valence-corrected chi connectivity index (χ2v) is 5.00. The Balaban J connectivity index is 1.65. The lowest BCUT2D eigenvalue weighted by Gasteiger charge is -2.27. The van der Waals surface area contributed by atoms with E-state index in [4.69, 9.17) is 4.74 Å². The van der Waals surface area contributed by atoms with E-state index < -0.39 is 0 Å². The molecule has 0 aromatic heterocycles. The zero-order chi connectivity index (χ0) is 14.9. The number of ether oxygens (including phenoxy) is 1. The highest BCUT2D eigenvalue weighted by atomic mass is 16.5. The summed E-state index contributed by atoms with van der Waals surface area (Å²) in [4.78, 5) is 14.2. The van der Waals surface area contributed by atoms with Gasteiger partial charge in [-0.1, -0.05) is 12.1 Å². The van der Waals surface area contributed by atoms with Gasteiger partial charge in [0.2, 0.25) is 5.91 Å². The van der Waals surface area contributed by atoms with E-state index in [1.165, 1.54) is 0 Å². The van der Waals surface area contributed by atoms with E-state index in [0.717, 1.165) is 44.2 Å². The number of carbonyl (C=O) groups is 1. The number of hydrogen-bond acceptors (Lipinski definition) is 5. The summed E-state index contributed by atoms with van der Waals surface area (Å²) < 4.78 is 5.23. The largest absolute Gasteiger partial charge is 0.495 e. The molecule has 0 saturated carbocycles. The van der Waals surface area contributed by atoms with E-state index >= 15 is 0 Å². The van der Waals surface area contributed by atoms with Crippen LogP contribution < -0.4 is 20.7 Å². The Morgan fingerprint density at radius 2 is 2.10 bits per heavy atom. The number of methoxy groups -OCH3 is 1. The van der Waals surface area contributed by atoms with Gasteiger partial charge in [-0.05, 0) is 12.1 Å². The van der Waals surface area contributed by atoms with Gasteiger partial charge in [0, 0.05) is 39.3 Å². The summed E-state index contributed by atoms with van der Waals surface area (Å²) in [5, 5.41) is 9.34. The first-order valence-corrected chi connectivity index (χ1v) is 7.36. The van der Waals surface area contributed by atoms with Gasteiger partial charge in [0.1, 0.15) is 5.75 Å². The summed E-state index contributed by atoms with van der Waals surface area (Å²) in [5.74, 6) is 0.738. The molecule has 0 spiro atoms. The summed E-state index contributed by atoms with van der Waals surface area (Å²) in [6, 6.07) is 7.57. The zero-order valence-corrected chi connectivity index (χ0v) is 12.5. The molecular weight excluding hydrogens is 268 g/mol. The third kappa shape index (κ3) is 5.24. The standard InChI is InChI=1S/C15H24N4O2/c1-21-14-5-3-2-4-13(14)18-12-15(20)17-8-11-19-9-6-16-7-10-19/h2-5,16,18H,6-12H2,1H3,(H,17,20). The maximum Gasteiger partial charge on any atom is 0.239 e. The fourth-order valence-corrected chi connectivity index (χ4v) is 2.32. The highest BCUT2D eigenvalue weighted by Gasteiger charge is 2.09. The number of hydrogen-bond donors (Lipinski definition) is 3. The van der Waals surface area contributed by atoms with Crippen LogP contribution in [0.25, 0.3) is 0 Å². The van der Waals surface area contributed by atoms with Crippen molar-refractivity contribution in [1.82, 2.24) is 15.5 Å².